The molecule has 2 aromatic rings. The Morgan fingerprint density at radius 3 is 3.06 bits per heavy atom. The molecule has 1 unspecified atom stereocenters. The van der Waals surface area contributed by atoms with Crippen molar-refractivity contribution in [3.8, 4) is 0 Å². The summed E-state index contributed by atoms with van der Waals surface area (Å²) in [5.41, 5.74) is 8.33. The van der Waals surface area contributed by atoms with Crippen LogP contribution in [0.2, 0.25) is 0 Å². The van der Waals surface area contributed by atoms with Crippen LogP contribution in [0.5, 0.6) is 0 Å². The smallest absolute Gasteiger partial charge is 0.0702 e. The Kier molecular flexibility index (Phi) is 4.07. The van der Waals surface area contributed by atoms with Gasteiger partial charge in [-0.25, -0.2) is 0 Å². The van der Waals surface area contributed by atoms with Crippen LogP contribution in [0.4, 0.5) is 0 Å². The highest BCUT2D eigenvalue weighted by atomic mass is 16.5. The lowest BCUT2D eigenvalue weighted by Crippen LogP contribution is -2.11. The van der Waals surface area contributed by atoms with E-state index in [-0.39, 0.29) is 6.04 Å². The normalized spacial score (nSPS) is 12.8. The van der Waals surface area contributed by atoms with E-state index in [0.29, 0.717) is 0 Å². The van der Waals surface area contributed by atoms with Crippen LogP contribution in [0.25, 0.3) is 10.9 Å². The van der Waals surface area contributed by atoms with Crippen LogP contribution in [0, 0.1) is 0 Å². The molecule has 1 aromatic heterocycles. The van der Waals surface area contributed by atoms with E-state index in [9.17, 15) is 0 Å². The molecule has 0 aliphatic rings. The lowest BCUT2D eigenvalue weighted by atomic mass is 10.0. The number of rotatable bonds is 5. The Morgan fingerprint density at radius 2 is 2.24 bits per heavy atom. The minimum atomic E-state index is 0.0785. The molecule has 0 radical (unpaired) electrons. The fourth-order valence-corrected chi connectivity index (χ4v) is 1.94. The number of nitrogens with two attached hydrogens (primary N) is 1. The van der Waals surface area contributed by atoms with Crippen LogP contribution in [0.3, 0.4) is 0 Å². The molecule has 2 N–H and O–H groups in total. The van der Waals surface area contributed by atoms with Crippen LogP contribution in [0.15, 0.2) is 36.5 Å². The molecule has 0 aliphatic carbocycles. The van der Waals surface area contributed by atoms with Gasteiger partial charge in [-0.2, -0.15) is 0 Å². The molecule has 17 heavy (non-hydrogen) atoms. The average Bonchev–Trinajstić information content (AvgIpc) is 2.38. The number of benzene rings is 1. The first-order valence-electron chi connectivity index (χ1n) is 5.90. The number of pyridine rings is 1. The number of aromatic nitrogens is 1. The van der Waals surface area contributed by atoms with E-state index >= 15 is 0 Å². The molecule has 3 nitrogen and oxygen atoms in total. The van der Waals surface area contributed by atoms with Crippen molar-refractivity contribution in [3.05, 3.63) is 42.1 Å². The SMILES string of the molecule is COCCCC(N)c1ccc2ncccc2c1. The highest BCUT2D eigenvalue weighted by Gasteiger charge is 2.06. The van der Waals surface area contributed by atoms with Gasteiger partial charge >= 0.3 is 0 Å². The van der Waals surface area contributed by atoms with Gasteiger partial charge in [0.2, 0.25) is 0 Å². The zero-order chi connectivity index (χ0) is 12.1. The molecule has 3 heteroatoms. The fraction of sp³-hybridized carbons (Fsp3) is 0.357. The monoisotopic (exact) mass is 230 g/mol. The molecule has 0 fully saturated rings. The third kappa shape index (κ3) is 3.02. The van der Waals surface area contributed by atoms with Crippen LogP contribution in [0.1, 0.15) is 24.4 Å². The Hall–Kier alpha value is -1.45. The Labute approximate surface area is 102 Å². The predicted octanol–water partition coefficient (Wildman–Crippen LogP) is 2.66. The van der Waals surface area contributed by atoms with Crippen molar-refractivity contribution in [1.82, 2.24) is 4.98 Å². The van der Waals surface area contributed by atoms with Crippen molar-refractivity contribution in [2.45, 2.75) is 18.9 Å². The molecule has 0 bridgehead atoms. The largest absolute Gasteiger partial charge is 0.385 e. The molecule has 2 rings (SSSR count). The number of ether oxygens (including phenoxy) is 1. The molecule has 0 spiro atoms. The van der Waals surface area contributed by atoms with E-state index in [1.165, 1.54) is 5.56 Å². The Morgan fingerprint density at radius 1 is 1.35 bits per heavy atom. The molecular weight excluding hydrogens is 212 g/mol. The van der Waals surface area contributed by atoms with Crippen molar-refractivity contribution in [2.24, 2.45) is 5.73 Å². The van der Waals surface area contributed by atoms with Crippen molar-refractivity contribution in [3.63, 3.8) is 0 Å². The van der Waals surface area contributed by atoms with E-state index in [0.717, 1.165) is 30.4 Å². The second-order valence-corrected chi connectivity index (χ2v) is 4.20. The highest BCUT2D eigenvalue weighted by molar-refractivity contribution is 5.79. The zero-order valence-electron chi connectivity index (χ0n) is 10.1. The summed E-state index contributed by atoms with van der Waals surface area (Å²) in [6.45, 7) is 0.767. The van der Waals surface area contributed by atoms with Gasteiger partial charge in [-0.15, -0.1) is 0 Å². The van der Waals surface area contributed by atoms with Gasteiger partial charge in [0.15, 0.2) is 0 Å². The summed E-state index contributed by atoms with van der Waals surface area (Å²) in [6, 6.07) is 10.3. The molecule has 0 saturated carbocycles. The van der Waals surface area contributed by atoms with Crippen molar-refractivity contribution in [1.29, 1.82) is 0 Å². The standard InChI is InChI=1S/C14H18N2O/c1-17-9-3-5-13(15)11-6-7-14-12(10-11)4-2-8-16-14/h2,4,6-8,10,13H,3,5,9,15H2,1H3. The lowest BCUT2D eigenvalue weighted by molar-refractivity contribution is 0.190. The predicted molar refractivity (Wildman–Crippen MR) is 69.8 cm³/mol. The van der Waals surface area contributed by atoms with E-state index < -0.39 is 0 Å². The summed E-state index contributed by atoms with van der Waals surface area (Å²) in [7, 11) is 1.72. The number of nitrogens with zero attached hydrogens (tertiary/aromatic N) is 1. The number of methoxy groups -OCH3 is 1. The minimum absolute atomic E-state index is 0.0785. The molecule has 90 valence electrons. The van der Waals surface area contributed by atoms with Gasteiger partial charge in [-0.3, -0.25) is 4.98 Å². The minimum Gasteiger partial charge on any atom is -0.385 e. The van der Waals surface area contributed by atoms with Gasteiger partial charge in [0, 0.05) is 31.3 Å². The van der Waals surface area contributed by atoms with E-state index in [1.54, 1.807) is 13.3 Å². The first-order valence-corrected chi connectivity index (χ1v) is 5.90. The maximum Gasteiger partial charge on any atom is 0.0702 e. The maximum atomic E-state index is 6.15. The van der Waals surface area contributed by atoms with Crippen molar-refractivity contribution < 1.29 is 4.74 Å². The molecule has 0 aliphatic heterocycles. The van der Waals surface area contributed by atoms with Gasteiger partial charge in [-0.1, -0.05) is 12.1 Å². The summed E-state index contributed by atoms with van der Waals surface area (Å²) in [5.74, 6) is 0. The number of hydrogen-bond donors (Lipinski definition) is 1. The number of fused-ring (bicyclic) bond motifs is 1. The zero-order valence-corrected chi connectivity index (χ0v) is 10.1. The summed E-state index contributed by atoms with van der Waals surface area (Å²) in [5, 5.41) is 1.15. The fourth-order valence-electron chi connectivity index (χ4n) is 1.94. The van der Waals surface area contributed by atoms with Gasteiger partial charge < -0.3 is 10.5 Å². The topological polar surface area (TPSA) is 48.1 Å². The Bertz CT molecular complexity index is 484. The van der Waals surface area contributed by atoms with E-state index in [1.807, 2.05) is 12.1 Å². The van der Waals surface area contributed by atoms with Crippen LogP contribution in [-0.2, 0) is 4.74 Å². The van der Waals surface area contributed by atoms with Gasteiger partial charge in [-0.05, 0) is 36.6 Å². The second-order valence-electron chi connectivity index (χ2n) is 4.20. The third-order valence-electron chi connectivity index (χ3n) is 2.92. The first kappa shape index (κ1) is 12.0. The van der Waals surface area contributed by atoms with Crippen molar-refractivity contribution >= 4 is 10.9 Å². The van der Waals surface area contributed by atoms with E-state index in [2.05, 4.69) is 23.2 Å². The van der Waals surface area contributed by atoms with Crippen molar-refractivity contribution in [2.75, 3.05) is 13.7 Å². The number of hydrogen-bond acceptors (Lipinski definition) is 3. The van der Waals surface area contributed by atoms with Crippen LogP contribution in [-0.4, -0.2) is 18.7 Å². The summed E-state index contributed by atoms with van der Waals surface area (Å²) < 4.78 is 5.03. The first-order chi connectivity index (χ1) is 8.31. The van der Waals surface area contributed by atoms with Crippen LogP contribution < -0.4 is 5.73 Å². The van der Waals surface area contributed by atoms with Gasteiger partial charge in [0.05, 0.1) is 5.52 Å². The second kappa shape index (κ2) is 5.75. The summed E-state index contributed by atoms with van der Waals surface area (Å²) in [6.07, 6.45) is 3.74. The molecule has 1 aromatic carbocycles. The van der Waals surface area contributed by atoms with E-state index in [4.69, 9.17) is 10.5 Å². The maximum absolute atomic E-state index is 6.15. The van der Waals surface area contributed by atoms with Gasteiger partial charge in [0.25, 0.3) is 0 Å². The molecule has 1 heterocycles. The Balaban J connectivity index is 2.12. The molecule has 0 saturated heterocycles. The highest BCUT2D eigenvalue weighted by Crippen LogP contribution is 2.20. The third-order valence-corrected chi connectivity index (χ3v) is 2.92. The lowest BCUT2D eigenvalue weighted by Gasteiger charge is -2.12. The average molecular weight is 230 g/mol. The summed E-state index contributed by atoms with van der Waals surface area (Å²) in [4.78, 5) is 4.30. The molecule has 1 atom stereocenters. The molecule has 0 amide bonds. The quantitative estimate of drug-likeness (QED) is 0.803. The summed E-state index contributed by atoms with van der Waals surface area (Å²) >= 11 is 0. The van der Waals surface area contributed by atoms with Crippen LogP contribution >= 0.6 is 0 Å². The van der Waals surface area contributed by atoms with Gasteiger partial charge in [0.1, 0.15) is 0 Å². The molecular formula is C14H18N2O.